The van der Waals surface area contributed by atoms with Crippen molar-refractivity contribution in [3.05, 3.63) is 18.2 Å². The monoisotopic (exact) mass is 348 g/mol. The van der Waals surface area contributed by atoms with E-state index in [1.165, 1.54) is 45.9 Å². The van der Waals surface area contributed by atoms with Gasteiger partial charge in [0.15, 0.2) is 0 Å². The Balaban J connectivity index is 3.42. The number of carbonyl (C=O) groups is 4. The van der Waals surface area contributed by atoms with Gasteiger partial charge in [0, 0.05) is 33.8 Å². The number of hydrogen-bond acceptors (Lipinski definition) is 5. The predicted molar refractivity (Wildman–Crippen MR) is 94.5 cm³/mol. The first-order valence-electron chi connectivity index (χ1n) is 8.10. The molecule has 0 radical (unpaired) electrons. The average molecular weight is 348 g/mol. The van der Waals surface area contributed by atoms with Crippen LogP contribution in [0.4, 0.5) is 11.4 Å². The van der Waals surface area contributed by atoms with E-state index in [1.54, 1.807) is 0 Å². The molecule has 0 bridgehead atoms. The van der Waals surface area contributed by atoms with Gasteiger partial charge in [-0.2, -0.15) is 0 Å². The minimum Gasteiger partial charge on any atom is -0.491 e. The van der Waals surface area contributed by atoms with E-state index in [9.17, 15) is 19.2 Å². The minimum atomic E-state index is -0.449. The second-order valence-electron chi connectivity index (χ2n) is 5.60. The number of imide groups is 2. The van der Waals surface area contributed by atoms with Gasteiger partial charge in [-0.15, -0.1) is 0 Å². The Morgan fingerprint density at radius 3 is 1.84 bits per heavy atom. The van der Waals surface area contributed by atoms with Crippen LogP contribution in [0.3, 0.4) is 0 Å². The van der Waals surface area contributed by atoms with E-state index in [1.807, 2.05) is 6.92 Å². The molecule has 0 atom stereocenters. The molecular weight excluding hydrogens is 324 g/mol. The second kappa shape index (κ2) is 8.96. The molecule has 7 heteroatoms. The molecule has 0 aliphatic carbocycles. The first kappa shape index (κ1) is 20.3. The zero-order valence-electron chi connectivity index (χ0n) is 15.3. The van der Waals surface area contributed by atoms with Crippen molar-refractivity contribution in [2.24, 2.45) is 0 Å². The van der Waals surface area contributed by atoms with Gasteiger partial charge in [0.05, 0.1) is 18.0 Å². The van der Waals surface area contributed by atoms with Gasteiger partial charge < -0.3 is 4.74 Å². The third-order valence-electron chi connectivity index (χ3n) is 3.46. The Labute approximate surface area is 147 Å². The Morgan fingerprint density at radius 1 is 0.880 bits per heavy atom. The third-order valence-corrected chi connectivity index (χ3v) is 3.46. The quantitative estimate of drug-likeness (QED) is 0.738. The molecule has 0 aromatic heterocycles. The summed E-state index contributed by atoms with van der Waals surface area (Å²) in [7, 11) is 0. The van der Waals surface area contributed by atoms with E-state index in [0.29, 0.717) is 12.3 Å². The zero-order valence-corrected chi connectivity index (χ0v) is 15.3. The van der Waals surface area contributed by atoms with Crippen molar-refractivity contribution in [2.75, 3.05) is 16.4 Å². The summed E-state index contributed by atoms with van der Waals surface area (Å²) in [6.45, 7) is 7.52. The summed E-state index contributed by atoms with van der Waals surface area (Å²) < 4.78 is 5.71. The summed E-state index contributed by atoms with van der Waals surface area (Å²) in [5.41, 5.74) is 0.606. The summed E-state index contributed by atoms with van der Waals surface area (Å²) in [6.07, 6.45) is 1.69. The molecule has 0 aliphatic heterocycles. The lowest BCUT2D eigenvalue weighted by Gasteiger charge is -2.24. The van der Waals surface area contributed by atoms with Crippen molar-refractivity contribution in [1.82, 2.24) is 0 Å². The lowest BCUT2D eigenvalue weighted by Crippen LogP contribution is -2.34. The summed E-state index contributed by atoms with van der Waals surface area (Å²) in [5.74, 6) is -1.50. The van der Waals surface area contributed by atoms with Gasteiger partial charge >= 0.3 is 0 Å². The lowest BCUT2D eigenvalue weighted by atomic mass is 10.2. The zero-order chi connectivity index (χ0) is 19.1. The van der Waals surface area contributed by atoms with Crippen LogP contribution in [-0.4, -0.2) is 30.2 Å². The maximum Gasteiger partial charge on any atom is 0.230 e. The highest BCUT2D eigenvalue weighted by atomic mass is 16.5. The number of amides is 4. The molecule has 0 unspecified atom stereocenters. The van der Waals surface area contributed by atoms with Crippen LogP contribution in [-0.2, 0) is 19.2 Å². The summed E-state index contributed by atoms with van der Waals surface area (Å²) >= 11 is 0. The molecule has 0 fully saturated rings. The van der Waals surface area contributed by atoms with Crippen LogP contribution in [0.15, 0.2) is 18.2 Å². The summed E-state index contributed by atoms with van der Waals surface area (Å²) in [4.78, 5) is 49.1. The highest BCUT2D eigenvalue weighted by Gasteiger charge is 2.23. The Kier molecular flexibility index (Phi) is 7.29. The predicted octanol–water partition coefficient (Wildman–Crippen LogP) is 2.66. The van der Waals surface area contributed by atoms with Crippen molar-refractivity contribution in [1.29, 1.82) is 0 Å². The van der Waals surface area contributed by atoms with Gasteiger partial charge in [-0.3, -0.25) is 24.1 Å². The van der Waals surface area contributed by atoms with Crippen LogP contribution in [0.2, 0.25) is 0 Å². The lowest BCUT2D eigenvalue weighted by molar-refractivity contribution is -0.126. The molecule has 0 aliphatic rings. The molecule has 7 nitrogen and oxygen atoms in total. The second-order valence-corrected chi connectivity index (χ2v) is 5.60. The van der Waals surface area contributed by atoms with Crippen molar-refractivity contribution >= 4 is 35.0 Å². The number of rotatable bonds is 6. The average Bonchev–Trinajstić information content (AvgIpc) is 2.48. The highest BCUT2D eigenvalue weighted by molar-refractivity contribution is 6.15. The van der Waals surface area contributed by atoms with Gasteiger partial charge in [-0.25, -0.2) is 4.90 Å². The van der Waals surface area contributed by atoms with Crippen LogP contribution in [0.25, 0.3) is 0 Å². The molecule has 1 aromatic carbocycles. The van der Waals surface area contributed by atoms with Gasteiger partial charge in [-0.1, -0.05) is 13.3 Å². The van der Waals surface area contributed by atoms with Crippen LogP contribution in [0.1, 0.15) is 47.5 Å². The van der Waals surface area contributed by atoms with E-state index in [2.05, 4.69) is 0 Å². The molecule has 0 saturated carbocycles. The topological polar surface area (TPSA) is 84.0 Å². The number of unbranched alkanes of at least 4 members (excludes halogenated alkanes) is 1. The Morgan fingerprint density at radius 2 is 1.40 bits per heavy atom. The molecule has 1 aromatic rings. The largest absolute Gasteiger partial charge is 0.491 e. The number of anilines is 2. The molecular formula is C18H24N2O5. The molecule has 136 valence electrons. The van der Waals surface area contributed by atoms with Crippen LogP contribution >= 0.6 is 0 Å². The normalized spacial score (nSPS) is 10.1. The van der Waals surface area contributed by atoms with E-state index in [0.717, 1.165) is 22.6 Å². The SMILES string of the molecule is CCCCOc1cc(N(C(C)=O)C(C)=O)ccc1N(C(C)=O)C(C)=O. The van der Waals surface area contributed by atoms with Gasteiger partial charge in [0.2, 0.25) is 23.6 Å². The van der Waals surface area contributed by atoms with E-state index < -0.39 is 23.6 Å². The highest BCUT2D eigenvalue weighted by Crippen LogP contribution is 2.33. The van der Waals surface area contributed by atoms with E-state index >= 15 is 0 Å². The standard InChI is InChI=1S/C18H24N2O5/c1-6-7-10-25-18-11-16(19(12(2)21)13(3)22)8-9-17(18)20(14(4)23)15(5)24/h8-9,11H,6-7,10H2,1-5H3. The molecule has 0 heterocycles. The van der Waals surface area contributed by atoms with Crippen molar-refractivity contribution in [3.63, 3.8) is 0 Å². The number of ether oxygens (including phenoxy) is 1. The van der Waals surface area contributed by atoms with Crippen LogP contribution in [0.5, 0.6) is 5.75 Å². The maximum absolute atomic E-state index is 11.8. The van der Waals surface area contributed by atoms with E-state index in [4.69, 9.17) is 4.74 Å². The molecule has 4 amide bonds. The third kappa shape index (κ3) is 5.14. The first-order chi connectivity index (χ1) is 11.7. The van der Waals surface area contributed by atoms with E-state index in [-0.39, 0.29) is 11.4 Å². The molecule has 0 saturated heterocycles. The molecule has 0 spiro atoms. The van der Waals surface area contributed by atoms with Gasteiger partial charge in [0.25, 0.3) is 0 Å². The smallest absolute Gasteiger partial charge is 0.230 e. The fourth-order valence-corrected chi connectivity index (χ4v) is 2.42. The summed E-state index contributed by atoms with van der Waals surface area (Å²) in [5, 5.41) is 0. The molecule has 25 heavy (non-hydrogen) atoms. The van der Waals surface area contributed by atoms with Crippen molar-refractivity contribution in [3.8, 4) is 5.75 Å². The van der Waals surface area contributed by atoms with Crippen LogP contribution < -0.4 is 14.5 Å². The summed E-state index contributed by atoms with van der Waals surface area (Å²) in [6, 6.07) is 4.49. The Hall–Kier alpha value is -2.70. The van der Waals surface area contributed by atoms with Gasteiger partial charge in [-0.05, 0) is 18.6 Å². The van der Waals surface area contributed by atoms with Crippen molar-refractivity contribution in [2.45, 2.75) is 47.5 Å². The molecule has 0 N–H and O–H groups in total. The molecule has 1 rings (SSSR count). The van der Waals surface area contributed by atoms with Crippen LogP contribution in [0, 0.1) is 0 Å². The first-order valence-corrected chi connectivity index (χ1v) is 8.10. The fourth-order valence-electron chi connectivity index (χ4n) is 2.42. The number of benzene rings is 1. The minimum absolute atomic E-state index is 0.267. The number of nitrogens with zero attached hydrogens (tertiary/aromatic N) is 2. The van der Waals surface area contributed by atoms with Crippen molar-refractivity contribution < 1.29 is 23.9 Å². The number of carbonyl (C=O) groups excluding carboxylic acids is 4. The van der Waals surface area contributed by atoms with Gasteiger partial charge in [0.1, 0.15) is 5.75 Å². The Bertz CT molecular complexity index is 656. The maximum atomic E-state index is 11.8. The fraction of sp³-hybridized carbons (Fsp3) is 0.444. The number of hydrogen-bond donors (Lipinski definition) is 0.